The Labute approximate surface area is 167 Å². The number of amides is 1. The third-order valence-electron chi connectivity index (χ3n) is 4.74. The van der Waals surface area contributed by atoms with Crippen molar-refractivity contribution in [2.24, 2.45) is 11.7 Å². The Bertz CT molecular complexity index is 1080. The predicted octanol–water partition coefficient (Wildman–Crippen LogP) is 3.82. The van der Waals surface area contributed by atoms with Gasteiger partial charge in [0.2, 0.25) is 0 Å². The summed E-state index contributed by atoms with van der Waals surface area (Å²) in [6.07, 6.45) is 8.21. The van der Waals surface area contributed by atoms with Crippen molar-refractivity contribution < 1.29 is 15.0 Å². The van der Waals surface area contributed by atoms with Gasteiger partial charge in [-0.05, 0) is 37.0 Å². The zero-order valence-corrected chi connectivity index (χ0v) is 15.5. The Morgan fingerprint density at radius 3 is 2.83 bits per heavy atom. The minimum absolute atomic E-state index is 0. The number of carbonyl (C=O) groups is 1. The van der Waals surface area contributed by atoms with E-state index in [0.29, 0.717) is 17.2 Å². The highest BCUT2D eigenvalue weighted by Gasteiger charge is 2.23. The van der Waals surface area contributed by atoms with E-state index in [1.165, 1.54) is 31.3 Å². The lowest BCUT2D eigenvalue weighted by Gasteiger charge is -2.11. The van der Waals surface area contributed by atoms with Crippen LogP contribution in [0.4, 0.5) is 14.5 Å². The highest BCUT2D eigenvalue weighted by Crippen LogP contribution is 2.32. The number of pyridine rings is 1. The van der Waals surface area contributed by atoms with Crippen LogP contribution in [-0.2, 0) is 11.3 Å². The number of halogens is 2. The fourth-order valence-corrected chi connectivity index (χ4v) is 3.02. The first-order chi connectivity index (χ1) is 14.0. The first-order valence-electron chi connectivity index (χ1n) is 9.21. The molecule has 29 heavy (non-hydrogen) atoms. The van der Waals surface area contributed by atoms with Crippen molar-refractivity contribution in [3.05, 3.63) is 72.5 Å². The van der Waals surface area contributed by atoms with Gasteiger partial charge in [-0.2, -0.15) is 5.10 Å². The Balaban J connectivity index is 0.00000256. The number of hydrogen-bond acceptors (Lipinski definition) is 4. The Kier molecular flexibility index (Phi) is 5.07. The monoisotopic (exact) mass is 397 g/mol. The minimum Gasteiger partial charge on any atom is -0.404 e. The SMILES string of the molecule is N/C=C(/C(=O)Nc1cc(-c2cnn(CC3CC3)c2)c(F)cc1F)c1ccccn1.[HH]. The standard InChI is InChI=1S/C21H19F2N5O.H2/c22-17-8-18(23)20(27-21(29)16(9-24)19-3-1-2-6-25-19)7-15(17)14-10-26-28(12-14)11-13-4-5-13;/h1-3,6-10,12-13H,4-5,11,24H2,(H,27,29);1H/b16-9+;. The highest BCUT2D eigenvalue weighted by molar-refractivity contribution is 6.24. The summed E-state index contributed by atoms with van der Waals surface area (Å²) in [6, 6.07) is 7.02. The van der Waals surface area contributed by atoms with E-state index in [9.17, 15) is 13.6 Å². The first kappa shape index (κ1) is 18.8. The topological polar surface area (TPSA) is 85.8 Å². The summed E-state index contributed by atoms with van der Waals surface area (Å²) < 4.78 is 30.5. The fraction of sp³-hybridized carbons (Fsp3) is 0.190. The summed E-state index contributed by atoms with van der Waals surface area (Å²) in [7, 11) is 0. The molecule has 8 heteroatoms. The van der Waals surface area contributed by atoms with Gasteiger partial charge < -0.3 is 11.1 Å². The smallest absolute Gasteiger partial charge is 0.259 e. The predicted molar refractivity (Wildman–Crippen MR) is 107 cm³/mol. The second-order valence-corrected chi connectivity index (χ2v) is 6.96. The molecule has 2 heterocycles. The average molecular weight is 397 g/mol. The molecule has 1 saturated carbocycles. The molecule has 0 radical (unpaired) electrons. The zero-order chi connectivity index (χ0) is 20.4. The molecule has 3 aromatic rings. The van der Waals surface area contributed by atoms with Gasteiger partial charge in [-0.3, -0.25) is 14.5 Å². The number of nitrogens with one attached hydrogen (secondary N) is 1. The van der Waals surface area contributed by atoms with Crippen molar-refractivity contribution in [1.29, 1.82) is 0 Å². The summed E-state index contributed by atoms with van der Waals surface area (Å²) in [5, 5.41) is 6.69. The van der Waals surface area contributed by atoms with Crippen LogP contribution in [0.3, 0.4) is 0 Å². The van der Waals surface area contributed by atoms with Gasteiger partial charge in [0.25, 0.3) is 5.91 Å². The van der Waals surface area contributed by atoms with Crippen LogP contribution in [0.25, 0.3) is 16.7 Å². The molecule has 1 aliphatic carbocycles. The van der Waals surface area contributed by atoms with E-state index < -0.39 is 17.5 Å². The van der Waals surface area contributed by atoms with Gasteiger partial charge >= 0.3 is 0 Å². The molecule has 1 aromatic carbocycles. The third-order valence-corrected chi connectivity index (χ3v) is 4.74. The number of rotatable bonds is 6. The van der Waals surface area contributed by atoms with Crippen molar-refractivity contribution in [3.63, 3.8) is 0 Å². The molecule has 0 spiro atoms. The normalized spacial score (nSPS) is 14.1. The van der Waals surface area contributed by atoms with Crippen LogP contribution in [0.15, 0.2) is 55.1 Å². The van der Waals surface area contributed by atoms with E-state index in [-0.39, 0.29) is 18.3 Å². The van der Waals surface area contributed by atoms with E-state index in [0.717, 1.165) is 18.8 Å². The summed E-state index contributed by atoms with van der Waals surface area (Å²) in [6.45, 7) is 0.779. The lowest BCUT2D eigenvalue weighted by Crippen LogP contribution is -2.16. The third kappa shape index (κ3) is 4.16. The zero-order valence-electron chi connectivity index (χ0n) is 15.5. The molecule has 1 fully saturated rings. The van der Waals surface area contributed by atoms with Gasteiger partial charge in [-0.25, -0.2) is 8.78 Å². The van der Waals surface area contributed by atoms with E-state index in [1.807, 2.05) is 0 Å². The molecule has 3 N–H and O–H groups in total. The molecule has 6 nitrogen and oxygen atoms in total. The average Bonchev–Trinajstić information content (AvgIpc) is 3.40. The quantitative estimate of drug-likeness (QED) is 0.619. The van der Waals surface area contributed by atoms with Gasteiger partial charge in [-0.1, -0.05) is 6.07 Å². The number of aromatic nitrogens is 3. The summed E-state index contributed by atoms with van der Waals surface area (Å²) in [5.41, 5.74) is 6.49. The molecule has 0 saturated heterocycles. The molecule has 1 amide bonds. The molecule has 0 aliphatic heterocycles. The second-order valence-electron chi connectivity index (χ2n) is 6.96. The number of nitrogens with two attached hydrogens (primary N) is 1. The number of benzene rings is 1. The molecule has 0 atom stereocenters. The summed E-state index contributed by atoms with van der Waals surface area (Å²) >= 11 is 0. The summed E-state index contributed by atoms with van der Waals surface area (Å²) in [4.78, 5) is 16.7. The highest BCUT2D eigenvalue weighted by atomic mass is 19.1. The Morgan fingerprint density at radius 1 is 1.31 bits per heavy atom. The van der Waals surface area contributed by atoms with Gasteiger partial charge in [0.1, 0.15) is 11.6 Å². The minimum atomic E-state index is -0.887. The lowest BCUT2D eigenvalue weighted by atomic mass is 10.1. The Hall–Kier alpha value is -3.55. The molecule has 2 aromatic heterocycles. The molecule has 1 aliphatic rings. The molecule has 0 unspecified atom stereocenters. The maximum Gasteiger partial charge on any atom is 0.259 e. The van der Waals surface area contributed by atoms with Crippen LogP contribution in [0, 0.1) is 17.6 Å². The maximum absolute atomic E-state index is 14.4. The molecule has 150 valence electrons. The number of anilines is 1. The van der Waals surface area contributed by atoms with Crippen LogP contribution in [0.5, 0.6) is 0 Å². The largest absolute Gasteiger partial charge is 0.404 e. The van der Waals surface area contributed by atoms with Crippen LogP contribution >= 0.6 is 0 Å². The molecular formula is C21H21F2N5O. The van der Waals surface area contributed by atoms with Gasteiger partial charge in [-0.15, -0.1) is 0 Å². The molecule has 0 bridgehead atoms. The number of carbonyl (C=O) groups excluding carboxylic acids is 1. The van der Waals surface area contributed by atoms with Crippen molar-refractivity contribution in [3.8, 4) is 11.1 Å². The van der Waals surface area contributed by atoms with Crippen LogP contribution in [0.2, 0.25) is 0 Å². The second kappa shape index (κ2) is 7.83. The van der Waals surface area contributed by atoms with Crippen molar-refractivity contribution in [2.75, 3.05) is 5.32 Å². The first-order valence-corrected chi connectivity index (χ1v) is 9.21. The van der Waals surface area contributed by atoms with E-state index >= 15 is 0 Å². The van der Waals surface area contributed by atoms with Gasteiger partial charge in [0.05, 0.1) is 23.2 Å². The fourth-order valence-electron chi connectivity index (χ4n) is 3.02. The summed E-state index contributed by atoms with van der Waals surface area (Å²) in [5.74, 6) is -1.65. The van der Waals surface area contributed by atoms with Crippen molar-refractivity contribution >= 4 is 17.2 Å². The molecular weight excluding hydrogens is 376 g/mol. The van der Waals surface area contributed by atoms with Crippen molar-refractivity contribution in [2.45, 2.75) is 19.4 Å². The lowest BCUT2D eigenvalue weighted by molar-refractivity contribution is -0.111. The number of hydrogen-bond donors (Lipinski definition) is 2. The maximum atomic E-state index is 14.4. The van der Waals surface area contributed by atoms with Gasteiger partial charge in [0, 0.05) is 43.8 Å². The molecule has 4 rings (SSSR count). The van der Waals surface area contributed by atoms with E-state index in [2.05, 4.69) is 15.4 Å². The van der Waals surface area contributed by atoms with Crippen LogP contribution < -0.4 is 11.1 Å². The number of nitrogens with zero attached hydrogens (tertiary/aromatic N) is 3. The van der Waals surface area contributed by atoms with E-state index in [4.69, 9.17) is 5.73 Å². The van der Waals surface area contributed by atoms with Crippen LogP contribution in [0.1, 0.15) is 20.0 Å². The van der Waals surface area contributed by atoms with Crippen LogP contribution in [-0.4, -0.2) is 20.7 Å². The van der Waals surface area contributed by atoms with Gasteiger partial charge in [0.15, 0.2) is 0 Å². The van der Waals surface area contributed by atoms with E-state index in [1.54, 1.807) is 29.1 Å². The Morgan fingerprint density at radius 2 is 2.14 bits per heavy atom. The van der Waals surface area contributed by atoms with Crippen molar-refractivity contribution in [1.82, 2.24) is 14.8 Å².